The van der Waals surface area contributed by atoms with Gasteiger partial charge in [-0.3, -0.25) is 0 Å². The Morgan fingerprint density at radius 3 is 2.36 bits per heavy atom. The van der Waals surface area contributed by atoms with Crippen LogP contribution in [0.1, 0.15) is 115 Å². The molecule has 9 atom stereocenters. The molecule has 4 heteroatoms. The lowest BCUT2D eigenvalue weighted by molar-refractivity contribution is -0.223. The number of allylic oxidation sites excluding steroid dienone is 3. The van der Waals surface area contributed by atoms with E-state index in [0.29, 0.717) is 29.6 Å². The van der Waals surface area contributed by atoms with Crippen LogP contribution in [0.15, 0.2) is 36.4 Å². The van der Waals surface area contributed by atoms with E-state index in [4.69, 9.17) is 4.74 Å². The minimum atomic E-state index is -0.639. The molecule has 228 valence electrons. The molecule has 3 nitrogen and oxygen atoms in total. The number of benzene rings is 1. The number of methoxy groups -OCH3 is 1. The number of rotatable bonds is 4. The zero-order valence-electron chi connectivity index (χ0n) is 26.9. The average Bonchev–Trinajstić information content (AvgIpc) is 3.33. The Labute approximate surface area is 252 Å². The Morgan fingerprint density at radius 1 is 0.976 bits per heavy atom. The Kier molecular flexibility index (Phi) is 6.84. The zero-order chi connectivity index (χ0) is 30.5. The van der Waals surface area contributed by atoms with Gasteiger partial charge in [0.1, 0.15) is 12.1 Å². The van der Waals surface area contributed by atoms with Gasteiger partial charge < -0.3 is 9.53 Å². The van der Waals surface area contributed by atoms with E-state index in [-0.39, 0.29) is 32.6 Å². The fraction of sp³-hybridized carbons (Fsp3) is 0.684. The summed E-state index contributed by atoms with van der Waals surface area (Å²) in [6.07, 6.45) is 13.9. The third-order valence-electron chi connectivity index (χ3n) is 14.6. The molecule has 1 aromatic carbocycles. The molecule has 0 aromatic heterocycles. The summed E-state index contributed by atoms with van der Waals surface area (Å²) >= 11 is 0. The first kappa shape index (κ1) is 29.8. The number of carbonyl (C=O) groups excluding carboxylic acids is 2. The summed E-state index contributed by atoms with van der Waals surface area (Å²) in [4.78, 5) is 24.8. The lowest BCUT2D eigenvalue weighted by Crippen LogP contribution is -2.65. The fourth-order valence-electron chi connectivity index (χ4n) is 12.5. The van der Waals surface area contributed by atoms with E-state index in [2.05, 4.69) is 54.2 Å². The Morgan fingerprint density at radius 2 is 1.71 bits per heavy atom. The monoisotopic (exact) mass is 574 g/mol. The van der Waals surface area contributed by atoms with Crippen LogP contribution in [0.2, 0.25) is 0 Å². The van der Waals surface area contributed by atoms with Crippen molar-refractivity contribution >= 4 is 17.8 Å². The number of aldehydes is 1. The van der Waals surface area contributed by atoms with Crippen molar-refractivity contribution in [1.82, 2.24) is 0 Å². The molecule has 0 unspecified atom stereocenters. The molecular weight excluding hydrogens is 523 g/mol. The third-order valence-corrected chi connectivity index (χ3v) is 14.6. The van der Waals surface area contributed by atoms with Crippen LogP contribution >= 0.6 is 0 Å². The standard InChI is InChI=1S/C38H51FO3/c1-23(2)25-13-18-38(22-40)20-19-36(6)28(32(25)38)11-12-31-35(5)16-14-27(34(3,4)30(35)15-17-37(31,36)7)24-9-10-26(29(39)21-24)33(41)42-8/h9-10,14,21-22,25,28,30-32H,1,11-13,15-20H2,2-8H3/t25-,28+,30-,31+,32+,35-,36+,37+,38+/m0/s1. The van der Waals surface area contributed by atoms with Gasteiger partial charge in [-0.1, -0.05) is 58.9 Å². The molecule has 6 rings (SSSR count). The van der Waals surface area contributed by atoms with Crippen LogP contribution in [0.4, 0.5) is 4.39 Å². The molecular formula is C38H51FO3. The quantitative estimate of drug-likeness (QED) is 0.204. The van der Waals surface area contributed by atoms with E-state index in [1.807, 2.05) is 6.07 Å². The van der Waals surface area contributed by atoms with Crippen LogP contribution in [0.25, 0.3) is 5.57 Å². The second-order valence-corrected chi connectivity index (χ2v) is 16.3. The maximum absolute atomic E-state index is 15.0. The number of esters is 1. The van der Waals surface area contributed by atoms with Crippen molar-refractivity contribution in [2.75, 3.05) is 7.11 Å². The van der Waals surface area contributed by atoms with Gasteiger partial charge in [0.15, 0.2) is 0 Å². The summed E-state index contributed by atoms with van der Waals surface area (Å²) in [6, 6.07) is 5.00. The first-order valence-electron chi connectivity index (χ1n) is 16.4. The van der Waals surface area contributed by atoms with Crippen LogP contribution in [-0.2, 0) is 9.53 Å². The molecule has 42 heavy (non-hydrogen) atoms. The molecule has 0 heterocycles. The maximum atomic E-state index is 15.0. The third kappa shape index (κ3) is 3.75. The fourth-order valence-corrected chi connectivity index (χ4v) is 12.5. The Bertz CT molecular complexity index is 1360. The van der Waals surface area contributed by atoms with E-state index in [0.717, 1.165) is 44.1 Å². The largest absolute Gasteiger partial charge is 0.465 e. The van der Waals surface area contributed by atoms with Crippen LogP contribution in [0.3, 0.4) is 0 Å². The number of halogens is 1. The smallest absolute Gasteiger partial charge is 0.340 e. The minimum absolute atomic E-state index is 0.0130. The summed E-state index contributed by atoms with van der Waals surface area (Å²) in [7, 11) is 1.28. The maximum Gasteiger partial charge on any atom is 0.340 e. The van der Waals surface area contributed by atoms with E-state index in [9.17, 15) is 9.59 Å². The molecule has 0 amide bonds. The van der Waals surface area contributed by atoms with Gasteiger partial charge >= 0.3 is 5.97 Å². The van der Waals surface area contributed by atoms with Crippen molar-refractivity contribution in [3.05, 3.63) is 53.4 Å². The summed E-state index contributed by atoms with van der Waals surface area (Å²) in [5.41, 5.74) is 3.64. The molecule has 1 aromatic rings. The molecule has 0 aliphatic heterocycles. The van der Waals surface area contributed by atoms with Crippen molar-refractivity contribution in [3.8, 4) is 0 Å². The van der Waals surface area contributed by atoms with Crippen molar-refractivity contribution in [2.24, 2.45) is 56.7 Å². The van der Waals surface area contributed by atoms with Crippen molar-refractivity contribution in [1.29, 1.82) is 0 Å². The zero-order valence-corrected chi connectivity index (χ0v) is 26.9. The first-order chi connectivity index (χ1) is 19.7. The lowest BCUT2D eigenvalue weighted by atomic mass is 9.32. The average molecular weight is 575 g/mol. The van der Waals surface area contributed by atoms with Gasteiger partial charge in [0.25, 0.3) is 0 Å². The van der Waals surface area contributed by atoms with E-state index in [1.54, 1.807) is 6.07 Å². The van der Waals surface area contributed by atoms with Gasteiger partial charge in [-0.15, -0.1) is 0 Å². The van der Waals surface area contributed by atoms with Crippen molar-refractivity contribution in [3.63, 3.8) is 0 Å². The highest BCUT2D eigenvalue weighted by atomic mass is 19.1. The van der Waals surface area contributed by atoms with Crippen LogP contribution in [0.5, 0.6) is 0 Å². The van der Waals surface area contributed by atoms with Gasteiger partial charge in [0.2, 0.25) is 0 Å². The molecule has 0 N–H and O–H groups in total. The number of carbonyl (C=O) groups is 2. The van der Waals surface area contributed by atoms with E-state index < -0.39 is 11.8 Å². The van der Waals surface area contributed by atoms with Gasteiger partial charge in [-0.25, -0.2) is 9.18 Å². The number of hydrogen-bond acceptors (Lipinski definition) is 3. The molecule has 4 fully saturated rings. The Balaban J connectivity index is 1.36. The number of fused-ring (bicyclic) bond motifs is 7. The highest BCUT2D eigenvalue weighted by Crippen LogP contribution is 2.77. The topological polar surface area (TPSA) is 43.4 Å². The summed E-state index contributed by atoms with van der Waals surface area (Å²) in [5, 5.41) is 0. The van der Waals surface area contributed by atoms with Crippen molar-refractivity contribution in [2.45, 2.75) is 99.3 Å². The second-order valence-electron chi connectivity index (χ2n) is 16.3. The van der Waals surface area contributed by atoms with E-state index in [1.165, 1.54) is 49.9 Å². The Hall–Kier alpha value is -2.23. The normalized spacial score (nSPS) is 43.6. The van der Waals surface area contributed by atoms with Crippen LogP contribution in [0, 0.1) is 62.5 Å². The van der Waals surface area contributed by atoms with Crippen LogP contribution < -0.4 is 0 Å². The SMILES string of the molecule is C=C(C)[C@@H]1CC[C@]2(C=O)CC[C@]3(C)[C@H](CC[C@@H]4[C@@]5(C)CC=C(c6ccc(C(=O)OC)c(F)c6)C(C)(C)[C@@H]5CC[C@]43C)[C@@H]12. The van der Waals surface area contributed by atoms with Gasteiger partial charge in [-0.2, -0.15) is 0 Å². The highest BCUT2D eigenvalue weighted by molar-refractivity contribution is 5.90. The van der Waals surface area contributed by atoms with E-state index >= 15 is 4.39 Å². The molecule has 0 spiro atoms. The summed E-state index contributed by atoms with van der Waals surface area (Å²) in [6.45, 7) is 19.1. The van der Waals surface area contributed by atoms with Gasteiger partial charge in [0, 0.05) is 5.41 Å². The summed E-state index contributed by atoms with van der Waals surface area (Å²) in [5.74, 6) is 1.41. The highest BCUT2D eigenvalue weighted by Gasteiger charge is 2.70. The predicted octanol–water partition coefficient (Wildman–Crippen LogP) is 9.46. The molecule has 0 bridgehead atoms. The number of ether oxygens (including phenoxy) is 1. The molecule has 0 radical (unpaired) electrons. The molecule has 0 saturated heterocycles. The number of hydrogen-bond donors (Lipinski definition) is 0. The predicted molar refractivity (Wildman–Crippen MR) is 166 cm³/mol. The van der Waals surface area contributed by atoms with Gasteiger partial charge in [-0.05, 0) is 139 Å². The molecule has 5 aliphatic rings. The minimum Gasteiger partial charge on any atom is -0.465 e. The van der Waals surface area contributed by atoms with Crippen molar-refractivity contribution < 1.29 is 18.7 Å². The van der Waals surface area contributed by atoms with Gasteiger partial charge in [0.05, 0.1) is 12.7 Å². The second kappa shape index (κ2) is 9.63. The first-order valence-corrected chi connectivity index (χ1v) is 16.4. The summed E-state index contributed by atoms with van der Waals surface area (Å²) < 4.78 is 19.8. The molecule has 5 aliphatic carbocycles. The van der Waals surface area contributed by atoms with Crippen LogP contribution in [-0.4, -0.2) is 19.4 Å². The molecule has 4 saturated carbocycles. The lowest BCUT2D eigenvalue weighted by Gasteiger charge is -2.72.